The van der Waals surface area contributed by atoms with E-state index in [0.29, 0.717) is 18.9 Å². The van der Waals surface area contributed by atoms with Gasteiger partial charge in [0, 0.05) is 25.2 Å². The highest BCUT2D eigenvalue weighted by molar-refractivity contribution is 5.81. The van der Waals surface area contributed by atoms with E-state index in [4.69, 9.17) is 4.74 Å². The van der Waals surface area contributed by atoms with Gasteiger partial charge in [-0.2, -0.15) is 13.2 Å². The second-order valence-electron chi connectivity index (χ2n) is 7.93. The number of benzene rings is 1. The molecule has 0 spiro atoms. The number of nitro benzene ring substituents is 1. The molecular formula is C20H26F3N3O5. The summed E-state index contributed by atoms with van der Waals surface area (Å²) in [6.07, 6.45) is -4.07. The molecule has 0 aromatic heterocycles. The molecule has 1 N–H and O–H groups in total. The van der Waals surface area contributed by atoms with Gasteiger partial charge in [0.05, 0.1) is 16.4 Å². The minimum Gasteiger partial charge on any atom is -0.455 e. The van der Waals surface area contributed by atoms with E-state index in [-0.39, 0.29) is 37.3 Å². The molecule has 11 heteroatoms. The van der Waals surface area contributed by atoms with Gasteiger partial charge in [-0.05, 0) is 37.8 Å². The Morgan fingerprint density at radius 1 is 1.26 bits per heavy atom. The van der Waals surface area contributed by atoms with E-state index in [1.54, 1.807) is 4.90 Å². The molecule has 1 aliphatic rings. The number of carbonyl (C=O) groups is 2. The lowest BCUT2D eigenvalue weighted by atomic mass is 9.96. The first-order valence-corrected chi connectivity index (χ1v) is 9.96. The van der Waals surface area contributed by atoms with Crippen molar-refractivity contribution < 1.29 is 32.4 Å². The van der Waals surface area contributed by atoms with Gasteiger partial charge in [-0.25, -0.2) is 0 Å². The quantitative estimate of drug-likeness (QED) is 0.391. The molecule has 0 bridgehead atoms. The molecule has 0 radical (unpaired) electrons. The molecule has 172 valence electrons. The fourth-order valence-electron chi connectivity index (χ4n) is 3.19. The average Bonchev–Trinajstić information content (AvgIpc) is 2.70. The molecule has 0 saturated carbocycles. The number of hydrogen-bond acceptors (Lipinski definition) is 6. The van der Waals surface area contributed by atoms with Crippen LogP contribution in [0.5, 0.6) is 0 Å². The topological polar surface area (TPSA) is 102 Å². The highest BCUT2D eigenvalue weighted by atomic mass is 19.4. The number of anilines is 1. The summed E-state index contributed by atoms with van der Waals surface area (Å²) < 4.78 is 43.7. The van der Waals surface area contributed by atoms with Gasteiger partial charge in [0.15, 0.2) is 6.61 Å². The molecule has 1 aromatic rings. The number of ether oxygens (including phenoxy) is 1. The Kier molecular flexibility index (Phi) is 7.85. The number of amides is 1. The third-order valence-electron chi connectivity index (χ3n) is 5.40. The van der Waals surface area contributed by atoms with Crippen molar-refractivity contribution in [2.45, 2.75) is 45.8 Å². The zero-order chi connectivity index (χ0) is 23.3. The van der Waals surface area contributed by atoms with E-state index in [1.165, 1.54) is 0 Å². The second-order valence-corrected chi connectivity index (χ2v) is 7.93. The number of esters is 1. The average molecular weight is 445 g/mol. The van der Waals surface area contributed by atoms with Crippen LogP contribution in [0.3, 0.4) is 0 Å². The van der Waals surface area contributed by atoms with Crippen molar-refractivity contribution in [3.05, 3.63) is 33.9 Å². The Balaban J connectivity index is 1.94. The molecule has 1 amide bonds. The third-order valence-corrected chi connectivity index (χ3v) is 5.40. The van der Waals surface area contributed by atoms with Gasteiger partial charge in [-0.3, -0.25) is 19.7 Å². The number of carbonyl (C=O) groups excluding carboxylic acids is 2. The zero-order valence-corrected chi connectivity index (χ0v) is 17.6. The van der Waals surface area contributed by atoms with Crippen LogP contribution in [0.2, 0.25) is 0 Å². The number of hydrogen-bond donors (Lipinski definition) is 1. The lowest BCUT2D eigenvalue weighted by Crippen LogP contribution is -2.40. The van der Waals surface area contributed by atoms with Gasteiger partial charge in [0.2, 0.25) is 0 Å². The largest absolute Gasteiger partial charge is 0.455 e. The normalized spacial score (nSPS) is 16.2. The first-order valence-electron chi connectivity index (χ1n) is 9.96. The van der Waals surface area contributed by atoms with E-state index in [2.05, 4.69) is 5.32 Å². The van der Waals surface area contributed by atoms with Gasteiger partial charge in [0.25, 0.3) is 11.6 Å². The maximum absolute atomic E-state index is 12.9. The molecular weight excluding hydrogens is 419 g/mol. The number of nitrogens with zero attached hydrogens (tertiary/aromatic N) is 2. The molecule has 1 aliphatic heterocycles. The Bertz CT molecular complexity index is 821. The predicted octanol–water partition coefficient (Wildman–Crippen LogP) is 3.53. The summed E-state index contributed by atoms with van der Waals surface area (Å²) in [4.78, 5) is 36.1. The van der Waals surface area contributed by atoms with E-state index in [1.807, 2.05) is 20.8 Å². The number of alkyl halides is 3. The van der Waals surface area contributed by atoms with Crippen molar-refractivity contribution in [2.75, 3.05) is 24.6 Å². The van der Waals surface area contributed by atoms with Crippen molar-refractivity contribution in [1.29, 1.82) is 0 Å². The molecule has 1 heterocycles. The maximum Gasteiger partial charge on any atom is 0.416 e. The predicted molar refractivity (Wildman–Crippen MR) is 106 cm³/mol. The summed E-state index contributed by atoms with van der Waals surface area (Å²) in [5.74, 6) is -1.18. The van der Waals surface area contributed by atoms with E-state index < -0.39 is 40.1 Å². The van der Waals surface area contributed by atoms with Crippen LogP contribution in [0, 0.1) is 22.0 Å². The Labute approximate surface area is 177 Å². The van der Waals surface area contributed by atoms with Gasteiger partial charge < -0.3 is 15.0 Å². The summed E-state index contributed by atoms with van der Waals surface area (Å²) in [5, 5.41) is 14.0. The molecule has 1 atom stereocenters. The summed E-state index contributed by atoms with van der Waals surface area (Å²) in [5.41, 5.74) is -1.65. The lowest BCUT2D eigenvalue weighted by molar-refractivity contribution is -0.384. The third kappa shape index (κ3) is 6.56. The Morgan fingerprint density at radius 3 is 2.39 bits per heavy atom. The van der Waals surface area contributed by atoms with Gasteiger partial charge >= 0.3 is 12.1 Å². The zero-order valence-electron chi connectivity index (χ0n) is 17.6. The van der Waals surface area contributed by atoms with Gasteiger partial charge in [-0.15, -0.1) is 0 Å². The summed E-state index contributed by atoms with van der Waals surface area (Å²) in [7, 11) is 0. The van der Waals surface area contributed by atoms with Crippen LogP contribution in [-0.2, 0) is 20.5 Å². The smallest absolute Gasteiger partial charge is 0.416 e. The summed E-state index contributed by atoms with van der Waals surface area (Å²) >= 11 is 0. The minimum atomic E-state index is -4.68. The van der Waals surface area contributed by atoms with Crippen molar-refractivity contribution in [2.24, 2.45) is 11.8 Å². The van der Waals surface area contributed by atoms with Crippen LogP contribution in [0.15, 0.2) is 18.2 Å². The van der Waals surface area contributed by atoms with Crippen LogP contribution in [0.4, 0.5) is 24.5 Å². The SMILES string of the molecule is CC(C)C(C)NC(=O)COC(=O)C1CCN(c2ccc(C(F)(F)F)cc2[N+](=O)[O-])CC1. The first-order chi connectivity index (χ1) is 14.4. The summed E-state index contributed by atoms with van der Waals surface area (Å²) in [6.45, 7) is 5.84. The van der Waals surface area contributed by atoms with Crippen molar-refractivity contribution in [3.63, 3.8) is 0 Å². The number of nitrogens with one attached hydrogen (secondary N) is 1. The molecule has 2 rings (SSSR count). The minimum absolute atomic E-state index is 0.0611. The number of nitro groups is 1. The first kappa shape index (κ1) is 24.4. The number of halogens is 3. The van der Waals surface area contributed by atoms with Gasteiger partial charge in [0.1, 0.15) is 5.69 Å². The molecule has 1 saturated heterocycles. The highest BCUT2D eigenvalue weighted by Crippen LogP contribution is 2.37. The second kappa shape index (κ2) is 9.97. The van der Waals surface area contributed by atoms with Crippen molar-refractivity contribution in [1.82, 2.24) is 5.32 Å². The monoisotopic (exact) mass is 445 g/mol. The molecule has 1 fully saturated rings. The lowest BCUT2D eigenvalue weighted by Gasteiger charge is -2.32. The maximum atomic E-state index is 12.9. The van der Waals surface area contributed by atoms with Crippen LogP contribution in [-0.4, -0.2) is 42.5 Å². The van der Waals surface area contributed by atoms with E-state index in [0.717, 1.165) is 12.1 Å². The van der Waals surface area contributed by atoms with Crippen LogP contribution in [0.1, 0.15) is 39.2 Å². The number of rotatable bonds is 7. The van der Waals surface area contributed by atoms with Gasteiger partial charge in [-0.1, -0.05) is 13.8 Å². The molecule has 1 unspecified atom stereocenters. The fraction of sp³-hybridized carbons (Fsp3) is 0.600. The number of piperidine rings is 1. The van der Waals surface area contributed by atoms with Crippen LogP contribution in [0.25, 0.3) is 0 Å². The Morgan fingerprint density at radius 2 is 1.87 bits per heavy atom. The fourth-order valence-corrected chi connectivity index (χ4v) is 3.19. The van der Waals surface area contributed by atoms with Crippen LogP contribution < -0.4 is 10.2 Å². The van der Waals surface area contributed by atoms with E-state index >= 15 is 0 Å². The highest BCUT2D eigenvalue weighted by Gasteiger charge is 2.35. The summed E-state index contributed by atoms with van der Waals surface area (Å²) in [6, 6.07) is 2.35. The molecule has 8 nitrogen and oxygen atoms in total. The van der Waals surface area contributed by atoms with Crippen LogP contribution >= 0.6 is 0 Å². The standard InChI is InChI=1S/C20H26F3N3O5/c1-12(2)13(3)24-18(27)11-31-19(28)14-6-8-25(9-7-14)16-5-4-15(20(21,22)23)10-17(16)26(29)30/h4-5,10,12-14H,6-9,11H2,1-3H3,(H,24,27). The molecule has 1 aromatic carbocycles. The van der Waals surface area contributed by atoms with Crippen molar-refractivity contribution >= 4 is 23.3 Å². The molecule has 0 aliphatic carbocycles. The van der Waals surface area contributed by atoms with E-state index in [9.17, 15) is 32.9 Å². The molecule has 31 heavy (non-hydrogen) atoms. The Hall–Kier alpha value is -2.85. The van der Waals surface area contributed by atoms with Crippen molar-refractivity contribution in [3.8, 4) is 0 Å².